The number of likely N-dealkylation sites (N-methyl/N-ethyl adjacent to an activating group) is 1. The lowest BCUT2D eigenvalue weighted by molar-refractivity contribution is -0.136. The second-order valence-corrected chi connectivity index (χ2v) is 10.5. The number of anilines is 4. The summed E-state index contributed by atoms with van der Waals surface area (Å²) >= 11 is 0. The van der Waals surface area contributed by atoms with Crippen molar-refractivity contribution in [1.82, 2.24) is 19.8 Å². The summed E-state index contributed by atoms with van der Waals surface area (Å²) in [6.45, 7) is 2.55. The molecule has 202 valence electrons. The molecule has 11 heteroatoms. The van der Waals surface area contributed by atoms with Crippen LogP contribution in [0, 0.1) is 0 Å². The molecule has 0 radical (unpaired) electrons. The third-order valence-electron chi connectivity index (χ3n) is 7.64. The molecular weight excluding hydrogens is 484 g/mol. The van der Waals surface area contributed by atoms with Crippen LogP contribution in [0.5, 0.6) is 0 Å². The number of pyridine rings is 2. The summed E-state index contributed by atoms with van der Waals surface area (Å²) in [6, 6.07) is 3.70. The lowest BCUT2D eigenvalue weighted by atomic mass is 9.95. The summed E-state index contributed by atoms with van der Waals surface area (Å²) in [7, 11) is 1.92. The molecule has 38 heavy (non-hydrogen) atoms. The average Bonchev–Trinajstić information content (AvgIpc) is 2.92. The smallest absolute Gasteiger partial charge is 0.328 e. The van der Waals surface area contributed by atoms with Crippen molar-refractivity contribution in [2.45, 2.75) is 57.5 Å². The van der Waals surface area contributed by atoms with Crippen molar-refractivity contribution in [3.05, 3.63) is 35.2 Å². The van der Waals surface area contributed by atoms with Crippen LogP contribution in [-0.2, 0) is 17.8 Å². The van der Waals surface area contributed by atoms with Gasteiger partial charge in [-0.25, -0.2) is 14.8 Å². The first-order valence-corrected chi connectivity index (χ1v) is 13.5. The number of hydrogen-bond donors (Lipinski definition) is 3. The quantitative estimate of drug-likeness (QED) is 0.495. The van der Waals surface area contributed by atoms with Crippen LogP contribution in [0.15, 0.2) is 18.3 Å². The molecule has 2 aliphatic heterocycles. The molecule has 1 saturated heterocycles. The molecule has 2 aromatic heterocycles. The summed E-state index contributed by atoms with van der Waals surface area (Å²) in [4.78, 5) is 52.0. The molecule has 1 aliphatic carbocycles. The average molecular weight is 521 g/mol. The van der Waals surface area contributed by atoms with Crippen molar-refractivity contribution in [1.29, 1.82) is 0 Å². The highest BCUT2D eigenvalue weighted by atomic mass is 16.2. The van der Waals surface area contributed by atoms with Crippen LogP contribution in [0.3, 0.4) is 0 Å². The first-order chi connectivity index (χ1) is 18.4. The number of aromatic nitrogens is 2. The van der Waals surface area contributed by atoms with Gasteiger partial charge >= 0.3 is 6.03 Å². The SMILES string of the molecule is CN1CCN(Cc2cc3c(nc2C=O)N(C(=O)Nc2cc(NC4CCCCC4)c(N)cn2)CCC3)C(=O)C1. The maximum absolute atomic E-state index is 13.3. The minimum atomic E-state index is -0.363. The van der Waals surface area contributed by atoms with Crippen LogP contribution in [-0.4, -0.2) is 77.3 Å². The summed E-state index contributed by atoms with van der Waals surface area (Å²) in [5, 5.41) is 6.39. The van der Waals surface area contributed by atoms with Crippen molar-refractivity contribution in [3.63, 3.8) is 0 Å². The minimum Gasteiger partial charge on any atom is -0.396 e. The minimum absolute atomic E-state index is 0.0302. The van der Waals surface area contributed by atoms with Crippen LogP contribution < -0.4 is 21.3 Å². The Morgan fingerprint density at radius 3 is 2.74 bits per heavy atom. The Kier molecular flexibility index (Phi) is 7.73. The van der Waals surface area contributed by atoms with E-state index in [0.717, 1.165) is 43.5 Å². The van der Waals surface area contributed by atoms with Crippen LogP contribution in [0.4, 0.5) is 27.8 Å². The highest BCUT2D eigenvalue weighted by Gasteiger charge is 2.28. The van der Waals surface area contributed by atoms with Crippen molar-refractivity contribution >= 4 is 41.2 Å². The van der Waals surface area contributed by atoms with Gasteiger partial charge < -0.3 is 16.0 Å². The maximum Gasteiger partial charge on any atom is 0.328 e. The zero-order valence-corrected chi connectivity index (χ0v) is 21.9. The first kappa shape index (κ1) is 25.9. The Morgan fingerprint density at radius 2 is 1.97 bits per heavy atom. The lowest BCUT2D eigenvalue weighted by Gasteiger charge is -2.33. The summed E-state index contributed by atoms with van der Waals surface area (Å²) < 4.78 is 0. The first-order valence-electron chi connectivity index (χ1n) is 13.5. The predicted molar refractivity (Wildman–Crippen MR) is 146 cm³/mol. The standard InChI is InChI=1S/C27H36N8O3/c1-33-10-11-34(25(37)16-33)15-19-12-18-6-5-9-35(26(18)31-23(19)17-36)27(38)32-24-13-22(21(28)14-29-24)30-20-7-3-2-4-8-20/h12-14,17,20H,2-11,15-16,28H2,1H3,(H2,29,30,32,38). The van der Waals surface area contributed by atoms with E-state index in [1.54, 1.807) is 22.1 Å². The number of nitrogens with one attached hydrogen (secondary N) is 2. The number of urea groups is 1. The highest BCUT2D eigenvalue weighted by Crippen LogP contribution is 2.30. The zero-order chi connectivity index (χ0) is 26.6. The highest BCUT2D eigenvalue weighted by molar-refractivity contribution is 6.02. The molecule has 2 aromatic rings. The molecule has 4 N–H and O–H groups in total. The number of rotatable bonds is 6. The van der Waals surface area contributed by atoms with Crippen molar-refractivity contribution in [2.75, 3.05) is 54.5 Å². The van der Waals surface area contributed by atoms with E-state index in [0.29, 0.717) is 61.4 Å². The molecule has 0 spiro atoms. The van der Waals surface area contributed by atoms with E-state index in [2.05, 4.69) is 20.6 Å². The molecule has 0 unspecified atom stereocenters. The molecule has 0 bridgehead atoms. The van der Waals surface area contributed by atoms with Crippen LogP contribution >= 0.6 is 0 Å². The summed E-state index contributed by atoms with van der Waals surface area (Å²) in [6.07, 6.45) is 9.62. The van der Waals surface area contributed by atoms with Crippen molar-refractivity contribution in [2.24, 2.45) is 0 Å². The third-order valence-corrected chi connectivity index (χ3v) is 7.64. The summed E-state index contributed by atoms with van der Waals surface area (Å²) in [5.74, 6) is 0.901. The van der Waals surface area contributed by atoms with Gasteiger partial charge in [0.05, 0.1) is 24.1 Å². The van der Waals surface area contributed by atoms with Gasteiger partial charge in [0.25, 0.3) is 0 Å². The van der Waals surface area contributed by atoms with Gasteiger partial charge in [-0.3, -0.25) is 24.7 Å². The monoisotopic (exact) mass is 520 g/mol. The number of aldehydes is 1. The largest absolute Gasteiger partial charge is 0.396 e. The number of nitrogens with two attached hydrogens (primary N) is 1. The second-order valence-electron chi connectivity index (χ2n) is 10.5. The van der Waals surface area contributed by atoms with Gasteiger partial charge in [-0.1, -0.05) is 19.3 Å². The van der Waals surface area contributed by atoms with E-state index in [-0.39, 0.29) is 17.6 Å². The topological polar surface area (TPSA) is 137 Å². The number of hydrogen-bond acceptors (Lipinski definition) is 8. The molecule has 11 nitrogen and oxygen atoms in total. The van der Waals surface area contributed by atoms with Gasteiger partial charge in [0.15, 0.2) is 6.29 Å². The van der Waals surface area contributed by atoms with E-state index in [1.165, 1.54) is 19.3 Å². The molecule has 4 heterocycles. The molecular formula is C27H36N8O3. The van der Waals surface area contributed by atoms with Crippen LogP contribution in [0.25, 0.3) is 0 Å². The van der Waals surface area contributed by atoms with Crippen molar-refractivity contribution < 1.29 is 14.4 Å². The predicted octanol–water partition coefficient (Wildman–Crippen LogP) is 2.87. The Bertz CT molecular complexity index is 1210. The fourth-order valence-corrected chi connectivity index (χ4v) is 5.49. The Hall–Kier alpha value is -3.73. The Balaban J connectivity index is 1.32. The number of amides is 3. The molecule has 3 amide bonds. The van der Waals surface area contributed by atoms with Gasteiger partial charge in [-0.15, -0.1) is 0 Å². The van der Waals surface area contributed by atoms with Gasteiger partial charge in [0, 0.05) is 43.9 Å². The second kappa shape index (κ2) is 11.3. The van der Waals surface area contributed by atoms with E-state index < -0.39 is 0 Å². The fraction of sp³-hybridized carbons (Fsp3) is 0.519. The van der Waals surface area contributed by atoms with Gasteiger partial charge in [0.1, 0.15) is 17.3 Å². The van der Waals surface area contributed by atoms with E-state index in [9.17, 15) is 14.4 Å². The Morgan fingerprint density at radius 1 is 1.16 bits per heavy atom. The van der Waals surface area contributed by atoms with E-state index >= 15 is 0 Å². The number of fused-ring (bicyclic) bond motifs is 1. The number of piperazine rings is 1. The maximum atomic E-state index is 13.3. The third kappa shape index (κ3) is 5.72. The zero-order valence-electron chi connectivity index (χ0n) is 21.9. The number of nitrogens with zero attached hydrogens (tertiary/aromatic N) is 5. The molecule has 3 aliphatic rings. The molecule has 0 atom stereocenters. The fourth-order valence-electron chi connectivity index (χ4n) is 5.49. The van der Waals surface area contributed by atoms with E-state index in [1.807, 2.05) is 18.0 Å². The normalized spacial score (nSPS) is 18.7. The number of carbonyl (C=O) groups excluding carboxylic acids is 3. The van der Waals surface area contributed by atoms with Crippen molar-refractivity contribution in [3.8, 4) is 0 Å². The number of aryl methyl sites for hydroxylation is 1. The van der Waals surface area contributed by atoms with Crippen LogP contribution in [0.2, 0.25) is 0 Å². The molecule has 1 saturated carbocycles. The Labute approximate surface area is 222 Å². The number of nitrogen functional groups attached to an aromatic ring is 1. The van der Waals surface area contributed by atoms with Gasteiger partial charge in [-0.05, 0) is 44.4 Å². The lowest BCUT2D eigenvalue weighted by Crippen LogP contribution is -2.48. The van der Waals surface area contributed by atoms with Gasteiger partial charge in [0.2, 0.25) is 5.91 Å². The van der Waals surface area contributed by atoms with Gasteiger partial charge in [-0.2, -0.15) is 0 Å². The molecule has 0 aromatic carbocycles. The molecule has 5 rings (SSSR count). The number of carbonyl (C=O) groups is 3. The summed E-state index contributed by atoms with van der Waals surface area (Å²) in [5.41, 5.74) is 9.31. The van der Waals surface area contributed by atoms with Crippen LogP contribution in [0.1, 0.15) is 60.1 Å². The molecule has 2 fully saturated rings. The van der Waals surface area contributed by atoms with E-state index in [4.69, 9.17) is 5.73 Å².